The molecule has 7 heteroatoms. The lowest BCUT2D eigenvalue weighted by atomic mass is 10.2. The van der Waals surface area contributed by atoms with Crippen LogP contribution in [-0.2, 0) is 13.1 Å². The van der Waals surface area contributed by atoms with Crippen molar-refractivity contribution in [1.29, 1.82) is 0 Å². The first-order valence-corrected chi connectivity index (χ1v) is 7.44. The smallest absolute Gasteiger partial charge is 0.123 e. The first-order chi connectivity index (χ1) is 10.3. The standard InChI is InChI=1S/C14H14FN5S/c15-12-3-1-11(2-4-12)14-18-13(10-21-14)9-16-5-7-20-8-6-17-19-20/h1-4,6,8,10,16H,5,7,9H2. The molecule has 108 valence electrons. The van der Waals surface area contributed by atoms with Gasteiger partial charge in [0.25, 0.3) is 0 Å². The molecule has 0 atom stereocenters. The van der Waals surface area contributed by atoms with Crippen LogP contribution in [0, 0.1) is 5.82 Å². The topological polar surface area (TPSA) is 55.6 Å². The van der Waals surface area contributed by atoms with E-state index in [1.165, 1.54) is 12.1 Å². The van der Waals surface area contributed by atoms with Crippen molar-refractivity contribution in [1.82, 2.24) is 25.3 Å². The third kappa shape index (κ3) is 3.71. The largest absolute Gasteiger partial charge is 0.309 e. The van der Waals surface area contributed by atoms with Gasteiger partial charge in [0, 0.05) is 30.2 Å². The van der Waals surface area contributed by atoms with E-state index in [-0.39, 0.29) is 5.82 Å². The van der Waals surface area contributed by atoms with Crippen LogP contribution in [0.5, 0.6) is 0 Å². The maximum absolute atomic E-state index is 12.9. The van der Waals surface area contributed by atoms with Crippen molar-refractivity contribution < 1.29 is 4.39 Å². The summed E-state index contributed by atoms with van der Waals surface area (Å²) in [6.07, 6.45) is 3.49. The molecule has 21 heavy (non-hydrogen) atoms. The molecule has 3 rings (SSSR count). The summed E-state index contributed by atoms with van der Waals surface area (Å²) in [5, 5.41) is 13.9. The highest BCUT2D eigenvalue weighted by Gasteiger charge is 2.04. The number of nitrogens with one attached hydrogen (secondary N) is 1. The number of rotatable bonds is 6. The van der Waals surface area contributed by atoms with Crippen molar-refractivity contribution in [3.8, 4) is 10.6 Å². The van der Waals surface area contributed by atoms with E-state index >= 15 is 0 Å². The Morgan fingerprint density at radius 2 is 2.10 bits per heavy atom. The van der Waals surface area contributed by atoms with Gasteiger partial charge >= 0.3 is 0 Å². The van der Waals surface area contributed by atoms with Crippen LogP contribution in [0.2, 0.25) is 0 Å². The third-order valence-corrected chi connectivity index (χ3v) is 3.88. The van der Waals surface area contributed by atoms with Gasteiger partial charge in [-0.15, -0.1) is 16.4 Å². The Morgan fingerprint density at radius 1 is 1.24 bits per heavy atom. The fourth-order valence-electron chi connectivity index (χ4n) is 1.88. The monoisotopic (exact) mass is 303 g/mol. The summed E-state index contributed by atoms with van der Waals surface area (Å²) < 4.78 is 14.7. The second kappa shape index (κ2) is 6.55. The first-order valence-electron chi connectivity index (χ1n) is 6.56. The highest BCUT2D eigenvalue weighted by molar-refractivity contribution is 7.13. The molecule has 0 fully saturated rings. The van der Waals surface area contributed by atoms with Gasteiger partial charge < -0.3 is 5.32 Å². The van der Waals surface area contributed by atoms with Gasteiger partial charge in [-0.2, -0.15) is 0 Å². The number of hydrogen-bond donors (Lipinski definition) is 1. The van der Waals surface area contributed by atoms with Gasteiger partial charge in [-0.05, 0) is 24.3 Å². The van der Waals surface area contributed by atoms with Crippen LogP contribution in [0.3, 0.4) is 0 Å². The minimum Gasteiger partial charge on any atom is -0.309 e. The Kier molecular flexibility index (Phi) is 4.32. The zero-order valence-corrected chi connectivity index (χ0v) is 12.1. The van der Waals surface area contributed by atoms with Gasteiger partial charge in [0.15, 0.2) is 0 Å². The molecule has 5 nitrogen and oxygen atoms in total. The van der Waals surface area contributed by atoms with E-state index in [2.05, 4.69) is 20.6 Å². The summed E-state index contributed by atoms with van der Waals surface area (Å²) in [5.41, 5.74) is 1.92. The lowest BCUT2D eigenvalue weighted by Gasteiger charge is -2.02. The SMILES string of the molecule is Fc1ccc(-c2nc(CNCCn3ccnn3)cs2)cc1. The lowest BCUT2D eigenvalue weighted by Crippen LogP contribution is -2.20. The Labute approximate surface area is 125 Å². The van der Waals surface area contributed by atoms with E-state index in [1.54, 1.807) is 34.3 Å². The van der Waals surface area contributed by atoms with Crippen LogP contribution in [0.25, 0.3) is 10.6 Å². The number of hydrogen-bond acceptors (Lipinski definition) is 5. The van der Waals surface area contributed by atoms with Crippen LogP contribution in [0.4, 0.5) is 4.39 Å². The molecule has 3 aromatic rings. The van der Waals surface area contributed by atoms with Gasteiger partial charge in [0.1, 0.15) is 10.8 Å². The zero-order valence-electron chi connectivity index (χ0n) is 11.2. The van der Waals surface area contributed by atoms with E-state index in [9.17, 15) is 4.39 Å². The maximum Gasteiger partial charge on any atom is 0.123 e. The summed E-state index contributed by atoms with van der Waals surface area (Å²) in [5.74, 6) is -0.231. The number of nitrogens with zero attached hydrogens (tertiary/aromatic N) is 4. The predicted octanol–water partition coefficient (Wildman–Crippen LogP) is 2.33. The summed E-state index contributed by atoms with van der Waals surface area (Å²) in [7, 11) is 0. The van der Waals surface area contributed by atoms with E-state index in [0.717, 1.165) is 29.4 Å². The van der Waals surface area contributed by atoms with E-state index in [0.29, 0.717) is 6.54 Å². The zero-order chi connectivity index (χ0) is 14.5. The minimum absolute atomic E-state index is 0.231. The summed E-state index contributed by atoms with van der Waals surface area (Å²) in [6.45, 7) is 2.27. The molecule has 0 aliphatic heterocycles. The lowest BCUT2D eigenvalue weighted by molar-refractivity contribution is 0.538. The van der Waals surface area contributed by atoms with E-state index < -0.39 is 0 Å². The molecule has 0 saturated carbocycles. The maximum atomic E-state index is 12.9. The average molecular weight is 303 g/mol. The van der Waals surface area contributed by atoms with E-state index in [1.807, 2.05) is 11.6 Å². The fourth-order valence-corrected chi connectivity index (χ4v) is 2.70. The Bertz CT molecular complexity index is 678. The Hall–Kier alpha value is -2.12. The first kappa shape index (κ1) is 13.8. The van der Waals surface area contributed by atoms with E-state index in [4.69, 9.17) is 0 Å². The molecule has 0 amide bonds. The summed E-state index contributed by atoms with van der Waals surface area (Å²) >= 11 is 1.56. The second-order valence-corrected chi connectivity index (χ2v) is 5.35. The molecule has 0 bridgehead atoms. The van der Waals surface area contributed by atoms with Crippen molar-refractivity contribution in [2.24, 2.45) is 0 Å². The molecule has 1 N–H and O–H groups in total. The summed E-state index contributed by atoms with van der Waals surface area (Å²) in [4.78, 5) is 4.54. The van der Waals surface area contributed by atoms with Crippen LogP contribution < -0.4 is 5.32 Å². The number of halogens is 1. The molecule has 0 aliphatic carbocycles. The van der Waals surface area contributed by atoms with Crippen molar-refractivity contribution in [2.45, 2.75) is 13.1 Å². The number of aromatic nitrogens is 4. The van der Waals surface area contributed by atoms with Gasteiger partial charge in [-0.3, -0.25) is 4.68 Å². The fraction of sp³-hybridized carbons (Fsp3) is 0.214. The molecule has 0 unspecified atom stereocenters. The number of thiazole rings is 1. The molecule has 0 saturated heterocycles. The van der Waals surface area contributed by atoms with Gasteiger partial charge in [-0.25, -0.2) is 9.37 Å². The molecule has 0 radical (unpaired) electrons. The van der Waals surface area contributed by atoms with Crippen LogP contribution >= 0.6 is 11.3 Å². The minimum atomic E-state index is -0.231. The second-order valence-electron chi connectivity index (χ2n) is 4.49. The van der Waals surface area contributed by atoms with Gasteiger partial charge in [-0.1, -0.05) is 5.21 Å². The van der Waals surface area contributed by atoms with Crippen molar-refractivity contribution in [3.63, 3.8) is 0 Å². The van der Waals surface area contributed by atoms with Crippen LogP contribution in [0.1, 0.15) is 5.69 Å². The average Bonchev–Trinajstić information content (AvgIpc) is 3.16. The predicted molar refractivity (Wildman–Crippen MR) is 79.2 cm³/mol. The Balaban J connectivity index is 1.52. The Morgan fingerprint density at radius 3 is 2.86 bits per heavy atom. The van der Waals surface area contributed by atoms with Crippen LogP contribution in [-0.4, -0.2) is 26.5 Å². The highest BCUT2D eigenvalue weighted by Crippen LogP contribution is 2.23. The third-order valence-electron chi connectivity index (χ3n) is 2.94. The van der Waals surface area contributed by atoms with Crippen molar-refractivity contribution >= 4 is 11.3 Å². The molecule has 0 spiro atoms. The molecule has 2 aromatic heterocycles. The molecule has 2 heterocycles. The normalized spacial score (nSPS) is 10.9. The summed E-state index contributed by atoms with van der Waals surface area (Å²) in [6, 6.07) is 6.39. The van der Waals surface area contributed by atoms with Gasteiger partial charge in [0.05, 0.1) is 18.4 Å². The van der Waals surface area contributed by atoms with Crippen molar-refractivity contribution in [3.05, 3.63) is 53.6 Å². The number of benzene rings is 1. The van der Waals surface area contributed by atoms with Gasteiger partial charge in [0.2, 0.25) is 0 Å². The highest BCUT2D eigenvalue weighted by atomic mass is 32.1. The molecule has 1 aromatic carbocycles. The van der Waals surface area contributed by atoms with Crippen molar-refractivity contribution in [2.75, 3.05) is 6.54 Å². The quantitative estimate of drug-likeness (QED) is 0.710. The molecule has 0 aliphatic rings. The molecular weight excluding hydrogens is 289 g/mol. The van der Waals surface area contributed by atoms with Crippen LogP contribution in [0.15, 0.2) is 42.0 Å². The molecular formula is C14H14FN5S.